The summed E-state index contributed by atoms with van der Waals surface area (Å²) in [5.41, 5.74) is 2.35. The van der Waals surface area contributed by atoms with Gasteiger partial charge in [0.25, 0.3) is 0 Å². The molecule has 0 spiro atoms. The molecule has 1 N–H and O–H groups in total. The minimum atomic E-state index is -0.717. The summed E-state index contributed by atoms with van der Waals surface area (Å²) in [4.78, 5) is 13.3. The van der Waals surface area contributed by atoms with Gasteiger partial charge in [0.2, 0.25) is 0 Å². The average molecular weight is 233 g/mol. The van der Waals surface area contributed by atoms with E-state index in [-0.39, 0.29) is 12.5 Å². The van der Waals surface area contributed by atoms with E-state index in [2.05, 4.69) is 24.0 Å². The number of aryl methyl sites for hydroxylation is 1. The van der Waals surface area contributed by atoms with Crippen molar-refractivity contribution in [1.82, 2.24) is 4.90 Å². The van der Waals surface area contributed by atoms with E-state index in [1.54, 1.807) is 0 Å². The molecule has 2 rings (SSSR count). The lowest BCUT2D eigenvalue weighted by molar-refractivity contribution is -0.138. The summed E-state index contributed by atoms with van der Waals surface area (Å²) < 4.78 is 0. The molecule has 1 atom stereocenters. The Labute approximate surface area is 102 Å². The predicted molar refractivity (Wildman–Crippen MR) is 67.0 cm³/mol. The molecule has 3 nitrogen and oxygen atoms in total. The number of hydrogen-bond donors (Lipinski definition) is 1. The molecule has 0 amide bonds. The van der Waals surface area contributed by atoms with Gasteiger partial charge < -0.3 is 5.11 Å². The van der Waals surface area contributed by atoms with Gasteiger partial charge in [-0.05, 0) is 44.0 Å². The zero-order valence-electron chi connectivity index (χ0n) is 10.2. The highest BCUT2D eigenvalue weighted by Crippen LogP contribution is 2.29. The van der Waals surface area contributed by atoms with Crippen molar-refractivity contribution >= 4 is 5.97 Å². The molecule has 92 valence electrons. The van der Waals surface area contributed by atoms with Gasteiger partial charge in [-0.25, -0.2) is 0 Å². The Morgan fingerprint density at radius 3 is 2.59 bits per heavy atom. The fourth-order valence-corrected chi connectivity index (χ4v) is 2.62. The van der Waals surface area contributed by atoms with Gasteiger partial charge in [0.05, 0.1) is 6.42 Å². The van der Waals surface area contributed by atoms with Crippen LogP contribution in [0.3, 0.4) is 0 Å². The van der Waals surface area contributed by atoms with Crippen LogP contribution in [0.1, 0.15) is 36.4 Å². The van der Waals surface area contributed by atoms with Crippen molar-refractivity contribution in [2.45, 2.75) is 32.2 Å². The molecule has 17 heavy (non-hydrogen) atoms. The Morgan fingerprint density at radius 1 is 1.35 bits per heavy atom. The molecule has 0 aliphatic carbocycles. The first-order valence-corrected chi connectivity index (χ1v) is 6.20. The fraction of sp³-hybridized carbons (Fsp3) is 0.500. The number of benzene rings is 1. The van der Waals surface area contributed by atoms with E-state index in [1.807, 2.05) is 12.1 Å². The summed E-state index contributed by atoms with van der Waals surface area (Å²) in [6, 6.07) is 8.14. The van der Waals surface area contributed by atoms with Crippen LogP contribution in [0.2, 0.25) is 0 Å². The molecule has 1 aliphatic rings. The zero-order valence-corrected chi connectivity index (χ0v) is 10.2. The number of carboxylic acids is 1. The van der Waals surface area contributed by atoms with Gasteiger partial charge in [-0.3, -0.25) is 9.69 Å². The van der Waals surface area contributed by atoms with Gasteiger partial charge in [-0.15, -0.1) is 0 Å². The molecular weight excluding hydrogens is 214 g/mol. The zero-order chi connectivity index (χ0) is 12.3. The number of carboxylic acid groups (broad SMARTS) is 1. The number of nitrogens with zero attached hydrogens (tertiary/aromatic N) is 1. The molecule has 1 aliphatic heterocycles. The van der Waals surface area contributed by atoms with Gasteiger partial charge in [-0.2, -0.15) is 0 Å². The van der Waals surface area contributed by atoms with Crippen molar-refractivity contribution in [1.29, 1.82) is 0 Å². The molecular formula is C14H19NO2. The average Bonchev–Trinajstić information content (AvgIpc) is 2.80. The molecule has 1 aromatic carbocycles. The quantitative estimate of drug-likeness (QED) is 0.869. The third-order valence-corrected chi connectivity index (χ3v) is 3.50. The Balaban J connectivity index is 2.25. The van der Waals surface area contributed by atoms with Crippen LogP contribution < -0.4 is 0 Å². The molecule has 1 heterocycles. The van der Waals surface area contributed by atoms with Crippen LogP contribution >= 0.6 is 0 Å². The number of carbonyl (C=O) groups is 1. The monoisotopic (exact) mass is 233 g/mol. The molecule has 0 bridgehead atoms. The van der Waals surface area contributed by atoms with Crippen LogP contribution in [-0.4, -0.2) is 29.1 Å². The van der Waals surface area contributed by atoms with E-state index in [1.165, 1.54) is 18.4 Å². The Bertz CT molecular complexity index is 397. The summed E-state index contributed by atoms with van der Waals surface area (Å²) in [6.45, 7) is 4.10. The lowest BCUT2D eigenvalue weighted by atomic mass is 9.97. The molecule has 1 unspecified atom stereocenters. The summed E-state index contributed by atoms with van der Waals surface area (Å²) in [5, 5.41) is 9.07. The normalized spacial score (nSPS) is 18.2. The van der Waals surface area contributed by atoms with Crippen LogP contribution in [-0.2, 0) is 4.79 Å². The van der Waals surface area contributed by atoms with Crippen LogP contribution in [0.25, 0.3) is 0 Å². The van der Waals surface area contributed by atoms with Crippen molar-refractivity contribution < 1.29 is 9.90 Å². The van der Waals surface area contributed by atoms with Crippen molar-refractivity contribution in [2.24, 2.45) is 0 Å². The largest absolute Gasteiger partial charge is 0.481 e. The third-order valence-electron chi connectivity index (χ3n) is 3.50. The van der Waals surface area contributed by atoms with Crippen LogP contribution in [0, 0.1) is 6.92 Å². The second-order valence-electron chi connectivity index (χ2n) is 4.71. The number of rotatable bonds is 4. The summed E-state index contributed by atoms with van der Waals surface area (Å²) in [6.07, 6.45) is 2.56. The van der Waals surface area contributed by atoms with Crippen LogP contribution in [0.4, 0.5) is 0 Å². The molecule has 0 saturated carbocycles. The van der Waals surface area contributed by atoms with Crippen molar-refractivity contribution in [2.75, 3.05) is 13.1 Å². The SMILES string of the molecule is Cc1ccccc1C(CC(=O)O)N1CCCC1. The third kappa shape index (κ3) is 2.86. The van der Waals surface area contributed by atoms with E-state index in [9.17, 15) is 4.79 Å². The van der Waals surface area contributed by atoms with Gasteiger partial charge in [0.1, 0.15) is 0 Å². The smallest absolute Gasteiger partial charge is 0.305 e. The van der Waals surface area contributed by atoms with Gasteiger partial charge in [0, 0.05) is 6.04 Å². The van der Waals surface area contributed by atoms with Crippen molar-refractivity contribution in [3.05, 3.63) is 35.4 Å². The van der Waals surface area contributed by atoms with Gasteiger partial charge in [-0.1, -0.05) is 24.3 Å². The molecule has 0 radical (unpaired) electrons. The lowest BCUT2D eigenvalue weighted by Gasteiger charge is -2.27. The fourth-order valence-electron chi connectivity index (χ4n) is 2.62. The maximum absolute atomic E-state index is 11.0. The van der Waals surface area contributed by atoms with Crippen LogP contribution in [0.5, 0.6) is 0 Å². The first kappa shape index (κ1) is 12.1. The highest BCUT2D eigenvalue weighted by molar-refractivity contribution is 5.68. The van der Waals surface area contributed by atoms with Crippen molar-refractivity contribution in [3.8, 4) is 0 Å². The van der Waals surface area contributed by atoms with E-state index in [0.29, 0.717) is 0 Å². The summed E-state index contributed by atoms with van der Waals surface area (Å²) in [5.74, 6) is -0.717. The topological polar surface area (TPSA) is 40.5 Å². The standard InChI is InChI=1S/C14H19NO2/c1-11-6-2-3-7-12(11)13(10-14(16)17)15-8-4-5-9-15/h2-3,6-7,13H,4-5,8-10H2,1H3,(H,16,17). The summed E-state index contributed by atoms with van der Waals surface area (Å²) >= 11 is 0. The minimum Gasteiger partial charge on any atom is -0.481 e. The Hall–Kier alpha value is -1.35. The van der Waals surface area contributed by atoms with Gasteiger partial charge in [0.15, 0.2) is 0 Å². The predicted octanol–water partition coefficient (Wildman–Crippen LogP) is 2.61. The number of likely N-dealkylation sites (tertiary alicyclic amines) is 1. The van der Waals surface area contributed by atoms with E-state index in [0.717, 1.165) is 18.7 Å². The van der Waals surface area contributed by atoms with Crippen LogP contribution in [0.15, 0.2) is 24.3 Å². The second-order valence-corrected chi connectivity index (χ2v) is 4.71. The Kier molecular flexibility index (Phi) is 3.79. The second kappa shape index (κ2) is 5.32. The van der Waals surface area contributed by atoms with E-state index in [4.69, 9.17) is 5.11 Å². The number of hydrogen-bond acceptors (Lipinski definition) is 2. The lowest BCUT2D eigenvalue weighted by Crippen LogP contribution is -2.28. The van der Waals surface area contributed by atoms with E-state index >= 15 is 0 Å². The molecule has 3 heteroatoms. The molecule has 1 saturated heterocycles. The first-order chi connectivity index (χ1) is 8.18. The molecule has 1 fully saturated rings. The highest BCUT2D eigenvalue weighted by atomic mass is 16.4. The molecule has 0 aromatic heterocycles. The first-order valence-electron chi connectivity index (χ1n) is 6.20. The van der Waals surface area contributed by atoms with E-state index < -0.39 is 5.97 Å². The minimum absolute atomic E-state index is 0.0381. The highest BCUT2D eigenvalue weighted by Gasteiger charge is 2.26. The maximum atomic E-state index is 11.0. The number of aliphatic carboxylic acids is 1. The van der Waals surface area contributed by atoms with Gasteiger partial charge >= 0.3 is 5.97 Å². The molecule has 1 aromatic rings. The maximum Gasteiger partial charge on any atom is 0.305 e. The summed E-state index contributed by atoms with van der Waals surface area (Å²) in [7, 11) is 0. The Morgan fingerprint density at radius 2 is 2.00 bits per heavy atom. The van der Waals surface area contributed by atoms with Crippen molar-refractivity contribution in [3.63, 3.8) is 0 Å².